The van der Waals surface area contributed by atoms with Gasteiger partial charge < -0.3 is 14.0 Å². The average Bonchev–Trinajstić information content (AvgIpc) is 3.80. The van der Waals surface area contributed by atoms with Crippen LogP contribution in [0.5, 0.6) is 0 Å². The molecule has 0 atom stereocenters. The van der Waals surface area contributed by atoms with Gasteiger partial charge in [0.2, 0.25) is 5.71 Å². The van der Waals surface area contributed by atoms with E-state index in [1.54, 1.807) is 0 Å². The van der Waals surface area contributed by atoms with E-state index in [1.165, 1.54) is 32.5 Å². The second-order valence-electron chi connectivity index (χ2n) is 18.4. The molecule has 10 rings (SSSR count). The van der Waals surface area contributed by atoms with Crippen molar-refractivity contribution in [3.63, 3.8) is 0 Å². The summed E-state index contributed by atoms with van der Waals surface area (Å²) < 4.78 is 8.68. The fourth-order valence-corrected chi connectivity index (χ4v) is 9.34. The smallest absolute Gasteiger partial charge is 0.219 e. The zero-order valence-electron chi connectivity index (χ0n) is 37.0. The summed E-state index contributed by atoms with van der Waals surface area (Å²) in [5, 5.41) is 8.06. The van der Waals surface area contributed by atoms with Gasteiger partial charge in [-0.1, -0.05) is 126 Å². The first-order valence-electron chi connectivity index (χ1n) is 21.0. The number of benzene rings is 5. The van der Waals surface area contributed by atoms with E-state index in [0.717, 1.165) is 61.2 Å². The minimum absolute atomic E-state index is 0. The van der Waals surface area contributed by atoms with E-state index < -0.39 is 8.07 Å². The summed E-state index contributed by atoms with van der Waals surface area (Å²) in [5.41, 5.74) is 10.7. The molecule has 0 saturated carbocycles. The summed E-state index contributed by atoms with van der Waals surface area (Å²) in [5.74, 6) is 1.66. The molecule has 1 radical (unpaired) electrons. The van der Waals surface area contributed by atoms with E-state index in [-0.39, 0.29) is 31.4 Å². The van der Waals surface area contributed by atoms with Crippen molar-refractivity contribution in [1.29, 1.82) is 0 Å². The van der Waals surface area contributed by atoms with Crippen molar-refractivity contribution in [1.82, 2.24) is 29.5 Å². The molecule has 0 amide bonds. The molecular formula is C53H50IrN6OSi-2. The van der Waals surface area contributed by atoms with Gasteiger partial charge >= 0.3 is 0 Å². The number of rotatable bonds is 5. The fraction of sp³-hybridized carbons (Fsp3) is 0.226. The second-order valence-corrected chi connectivity index (χ2v) is 23.4. The average molecular weight is 1010 g/mol. The van der Waals surface area contributed by atoms with Gasteiger partial charge in [0.25, 0.3) is 0 Å². The minimum Gasteiger partial charge on any atom is -0.486 e. The van der Waals surface area contributed by atoms with Gasteiger partial charge in [0.05, 0.1) is 42.4 Å². The maximum Gasteiger partial charge on any atom is 0.219 e. The van der Waals surface area contributed by atoms with Crippen molar-refractivity contribution in [2.75, 3.05) is 0 Å². The number of furan rings is 1. The molecule has 62 heavy (non-hydrogen) atoms. The number of pyridine rings is 2. The van der Waals surface area contributed by atoms with Crippen LogP contribution in [-0.2, 0) is 25.5 Å². The van der Waals surface area contributed by atoms with E-state index in [1.807, 2.05) is 56.7 Å². The number of imidazole rings is 1. The zero-order chi connectivity index (χ0) is 42.8. The van der Waals surface area contributed by atoms with Crippen LogP contribution >= 0.6 is 0 Å². The molecule has 5 heterocycles. The third-order valence-electron chi connectivity index (χ3n) is 11.5. The fourth-order valence-electron chi connectivity index (χ4n) is 8.30. The van der Waals surface area contributed by atoms with Crippen molar-refractivity contribution in [3.8, 4) is 28.3 Å². The molecule has 0 spiro atoms. The third-order valence-corrected chi connectivity index (χ3v) is 13.6. The first-order valence-corrected chi connectivity index (χ1v) is 24.5. The van der Waals surface area contributed by atoms with E-state index in [4.69, 9.17) is 14.4 Å². The van der Waals surface area contributed by atoms with Gasteiger partial charge in [0, 0.05) is 49.0 Å². The topological polar surface area (TPSA) is 82.5 Å². The SMILES string of the molecule is CC(C)(C)c1cc[c-]c(-c2ccc([Si](C)(C)C)cn2)c1.Cc1cc2nc(-c3[c-]ccc4c3oc3nc(C)ncc34)n(-c3c(C(C)C)c4ccccc4c4ccccc34)c2cn1.[Ir]. The summed E-state index contributed by atoms with van der Waals surface area (Å²) >= 11 is 0. The van der Waals surface area contributed by atoms with Crippen LogP contribution in [0.15, 0.2) is 120 Å². The van der Waals surface area contributed by atoms with Crippen molar-refractivity contribution < 1.29 is 24.5 Å². The Hall–Kier alpha value is -5.86. The van der Waals surface area contributed by atoms with Gasteiger partial charge in [-0.05, 0) is 63.8 Å². The molecule has 9 heteroatoms. The van der Waals surface area contributed by atoms with Crippen molar-refractivity contribution in [2.24, 2.45) is 0 Å². The van der Waals surface area contributed by atoms with Crippen LogP contribution in [0.25, 0.3) is 83.0 Å². The molecule has 7 nitrogen and oxygen atoms in total. The van der Waals surface area contributed by atoms with Crippen LogP contribution in [-0.4, -0.2) is 37.6 Å². The molecule has 10 aromatic rings. The Bertz CT molecular complexity index is 3280. The number of fused-ring (bicyclic) bond motifs is 7. The number of hydrogen-bond donors (Lipinski definition) is 0. The predicted molar refractivity (Wildman–Crippen MR) is 255 cm³/mol. The summed E-state index contributed by atoms with van der Waals surface area (Å²) in [6.07, 6.45) is 5.80. The quantitative estimate of drug-likeness (QED) is 0.0970. The number of aryl methyl sites for hydroxylation is 2. The maximum absolute atomic E-state index is 6.41. The van der Waals surface area contributed by atoms with Crippen LogP contribution in [0.2, 0.25) is 19.6 Å². The standard InChI is InChI=1S/C35H26N5O.C18H24NSi.Ir/c1-19(2)31-24-12-7-5-10-22(24)23-11-6-8-13-25(23)32(31)40-30-18-36-20(3)16-29(30)39-34(40)27-15-9-14-26-28-17-37-21(4)38-35(28)41-33(26)27;1-18(2,3)15-9-7-8-14(12-15)17-11-10-16(13-19-17)20(4,5)6;/h5-14,16-19H,1-4H3;7,9-13H,1-6H3;/q2*-1;. The summed E-state index contributed by atoms with van der Waals surface area (Å²) in [6.45, 7) is 22.1. The van der Waals surface area contributed by atoms with E-state index in [0.29, 0.717) is 17.1 Å². The van der Waals surface area contributed by atoms with E-state index in [2.05, 4.69) is 159 Å². The molecule has 0 aliphatic carbocycles. The summed E-state index contributed by atoms with van der Waals surface area (Å²) in [7, 11) is -1.27. The molecule has 0 bridgehead atoms. The Morgan fingerprint density at radius 2 is 1.39 bits per heavy atom. The molecule has 313 valence electrons. The molecule has 0 unspecified atom stereocenters. The maximum atomic E-state index is 6.41. The second kappa shape index (κ2) is 16.4. The molecule has 0 saturated heterocycles. The van der Waals surface area contributed by atoms with Crippen LogP contribution < -0.4 is 5.19 Å². The molecule has 0 aliphatic rings. The summed E-state index contributed by atoms with van der Waals surface area (Å²) in [4.78, 5) is 23.6. The largest absolute Gasteiger partial charge is 0.486 e. The Kier molecular flexibility index (Phi) is 11.4. The van der Waals surface area contributed by atoms with Crippen LogP contribution in [0, 0.1) is 26.0 Å². The molecular weight excluding hydrogens is 957 g/mol. The van der Waals surface area contributed by atoms with Gasteiger partial charge in [0.15, 0.2) is 0 Å². The third kappa shape index (κ3) is 7.78. The Morgan fingerprint density at radius 1 is 0.694 bits per heavy atom. The van der Waals surface area contributed by atoms with E-state index in [9.17, 15) is 0 Å². The molecule has 0 N–H and O–H groups in total. The summed E-state index contributed by atoms with van der Waals surface area (Å²) in [6, 6.07) is 40.8. The molecule has 0 fully saturated rings. The van der Waals surface area contributed by atoms with Crippen LogP contribution in [0.3, 0.4) is 0 Å². The first-order chi connectivity index (χ1) is 29.2. The number of nitrogens with zero attached hydrogens (tertiary/aromatic N) is 6. The Balaban J connectivity index is 0.000000214. The van der Waals surface area contributed by atoms with Crippen LogP contribution in [0.1, 0.15) is 63.2 Å². The zero-order valence-corrected chi connectivity index (χ0v) is 40.4. The van der Waals surface area contributed by atoms with Gasteiger partial charge in [-0.25, -0.2) is 4.98 Å². The molecule has 5 aromatic carbocycles. The van der Waals surface area contributed by atoms with Gasteiger partial charge in [0.1, 0.15) is 5.82 Å². The van der Waals surface area contributed by atoms with E-state index >= 15 is 0 Å². The number of hydrogen-bond acceptors (Lipinski definition) is 6. The predicted octanol–water partition coefficient (Wildman–Crippen LogP) is 13.0. The Morgan fingerprint density at radius 3 is 2.06 bits per heavy atom. The van der Waals surface area contributed by atoms with Crippen molar-refractivity contribution in [3.05, 3.63) is 150 Å². The van der Waals surface area contributed by atoms with Gasteiger partial charge in [-0.15, -0.1) is 53.6 Å². The van der Waals surface area contributed by atoms with Gasteiger partial charge in [-0.3, -0.25) is 9.97 Å². The van der Waals surface area contributed by atoms with Crippen molar-refractivity contribution in [2.45, 2.75) is 79.4 Å². The molecule has 0 aliphatic heterocycles. The Labute approximate surface area is 378 Å². The van der Waals surface area contributed by atoms with Crippen molar-refractivity contribution >= 4 is 67.9 Å². The number of aromatic nitrogens is 6. The molecule has 5 aromatic heterocycles. The minimum atomic E-state index is -1.27. The normalized spacial score (nSPS) is 12.0. The van der Waals surface area contributed by atoms with Gasteiger partial charge in [-0.2, -0.15) is 4.98 Å². The van der Waals surface area contributed by atoms with Crippen LogP contribution in [0.4, 0.5) is 0 Å². The first kappa shape index (κ1) is 42.8. The monoisotopic (exact) mass is 1010 g/mol.